The van der Waals surface area contributed by atoms with Crippen LogP contribution >= 0.6 is 12.0 Å². The van der Waals surface area contributed by atoms with Gasteiger partial charge in [-0.05, 0) is 61.7 Å². The lowest BCUT2D eigenvalue weighted by Crippen LogP contribution is -2.41. The lowest BCUT2D eigenvalue weighted by molar-refractivity contribution is 0.0950. The first kappa shape index (κ1) is 23.9. The van der Waals surface area contributed by atoms with Crippen molar-refractivity contribution in [2.75, 3.05) is 24.6 Å². The minimum Gasteiger partial charge on any atom is -0.490 e. The molecular weight excluding hydrogens is 450 g/mol. The van der Waals surface area contributed by atoms with E-state index in [0.29, 0.717) is 30.8 Å². The van der Waals surface area contributed by atoms with Crippen molar-refractivity contribution in [3.05, 3.63) is 78.0 Å². The molecule has 2 heterocycles. The highest BCUT2D eigenvalue weighted by Gasteiger charge is 2.23. The van der Waals surface area contributed by atoms with Gasteiger partial charge in [0, 0.05) is 36.2 Å². The van der Waals surface area contributed by atoms with Crippen molar-refractivity contribution in [1.82, 2.24) is 10.3 Å². The molecule has 2 aromatic carbocycles. The third-order valence-corrected chi connectivity index (χ3v) is 6.08. The average Bonchev–Trinajstić information content (AvgIpc) is 2.89. The lowest BCUT2D eigenvalue weighted by Gasteiger charge is -2.34. The van der Waals surface area contributed by atoms with Gasteiger partial charge in [0.05, 0.1) is 18.7 Å². The van der Waals surface area contributed by atoms with E-state index in [0.717, 1.165) is 53.7 Å². The Morgan fingerprint density at radius 3 is 2.79 bits per heavy atom. The topological polar surface area (TPSA) is 83.9 Å². The number of hydrogen-bond acceptors (Lipinski definition) is 7. The summed E-state index contributed by atoms with van der Waals surface area (Å²) in [4.78, 5) is 20.0. The molecular formula is C26H29N3O4S. The monoisotopic (exact) mass is 479 g/mol. The summed E-state index contributed by atoms with van der Waals surface area (Å²) < 4.78 is 21.1. The average molecular weight is 480 g/mol. The number of pyridine rings is 1. The molecule has 0 spiro atoms. The van der Waals surface area contributed by atoms with Gasteiger partial charge >= 0.3 is 0 Å². The van der Waals surface area contributed by atoms with Gasteiger partial charge < -0.3 is 24.2 Å². The zero-order chi connectivity index (χ0) is 23.8. The van der Waals surface area contributed by atoms with Crippen molar-refractivity contribution >= 4 is 23.8 Å². The summed E-state index contributed by atoms with van der Waals surface area (Å²) in [6, 6.07) is 18.8. The molecule has 1 saturated heterocycles. The Hall–Kier alpha value is -3.23. The predicted octanol–water partition coefficient (Wildman–Crippen LogP) is 5.02. The lowest BCUT2D eigenvalue weighted by atomic mass is 10.1. The quantitative estimate of drug-likeness (QED) is 0.417. The van der Waals surface area contributed by atoms with Gasteiger partial charge in [-0.2, -0.15) is 0 Å². The summed E-state index contributed by atoms with van der Waals surface area (Å²) in [5, 5.41) is 2.90. The molecule has 0 aliphatic carbocycles. The minimum atomic E-state index is -0.187. The van der Waals surface area contributed by atoms with Gasteiger partial charge in [-0.1, -0.05) is 24.3 Å². The van der Waals surface area contributed by atoms with E-state index in [1.165, 1.54) is 0 Å². The summed E-state index contributed by atoms with van der Waals surface area (Å²) in [7, 11) is 0. The van der Waals surface area contributed by atoms with E-state index in [4.69, 9.17) is 9.47 Å². The summed E-state index contributed by atoms with van der Waals surface area (Å²) in [6.07, 6.45) is 3.61. The van der Waals surface area contributed by atoms with Crippen molar-refractivity contribution in [2.45, 2.75) is 37.3 Å². The van der Waals surface area contributed by atoms with Crippen LogP contribution in [-0.4, -0.2) is 41.2 Å². The molecule has 1 aliphatic rings. The first-order valence-corrected chi connectivity index (χ1v) is 12.2. The van der Waals surface area contributed by atoms with E-state index in [1.807, 2.05) is 61.5 Å². The van der Waals surface area contributed by atoms with Crippen molar-refractivity contribution in [3.63, 3.8) is 0 Å². The van der Waals surface area contributed by atoms with Gasteiger partial charge in [0.15, 0.2) is 11.5 Å². The molecule has 3 aromatic rings. The second-order valence-corrected chi connectivity index (χ2v) is 8.69. The van der Waals surface area contributed by atoms with Crippen LogP contribution in [0.4, 0.5) is 5.82 Å². The fraction of sp³-hybridized carbons (Fsp3) is 0.308. The number of nitrogens with zero attached hydrogens (tertiary/aromatic N) is 2. The molecule has 0 saturated carbocycles. The SMILES string of the molecule is CCOc1ccccc1OC1CCCN(c2ccc(C(=O)NCc3cccc(SO)c3)cn2)C1. The van der Waals surface area contributed by atoms with Crippen LogP contribution in [0.2, 0.25) is 0 Å². The van der Waals surface area contributed by atoms with Crippen LogP contribution < -0.4 is 19.7 Å². The first-order valence-electron chi connectivity index (χ1n) is 11.4. The van der Waals surface area contributed by atoms with Crippen LogP contribution in [-0.2, 0) is 6.54 Å². The maximum absolute atomic E-state index is 12.5. The van der Waals surface area contributed by atoms with E-state index in [9.17, 15) is 9.35 Å². The van der Waals surface area contributed by atoms with E-state index in [-0.39, 0.29) is 12.0 Å². The van der Waals surface area contributed by atoms with Crippen molar-refractivity contribution in [3.8, 4) is 11.5 Å². The molecule has 8 heteroatoms. The van der Waals surface area contributed by atoms with Gasteiger partial charge in [0.25, 0.3) is 5.91 Å². The van der Waals surface area contributed by atoms with Crippen LogP contribution in [0.5, 0.6) is 11.5 Å². The molecule has 1 unspecified atom stereocenters. The standard InChI is InChI=1S/C26H29N3O4S/c1-2-32-23-10-3-4-11-24(23)33-21-8-6-14-29(18-21)25-13-12-20(17-27-25)26(30)28-16-19-7-5-9-22(15-19)34-31/h3-5,7,9-13,15,17,21,31H,2,6,8,14,16,18H2,1H3,(H,28,30). The number of piperidine rings is 1. The van der Waals surface area contributed by atoms with Crippen LogP contribution in [0.1, 0.15) is 35.7 Å². The van der Waals surface area contributed by atoms with Crippen LogP contribution in [0.25, 0.3) is 0 Å². The number of benzene rings is 2. The molecule has 1 atom stereocenters. The Morgan fingerprint density at radius 1 is 1.18 bits per heavy atom. The number of carbonyl (C=O) groups is 1. The fourth-order valence-corrected chi connectivity index (χ4v) is 4.29. The fourth-order valence-electron chi connectivity index (χ4n) is 3.95. The highest BCUT2D eigenvalue weighted by Crippen LogP contribution is 2.29. The highest BCUT2D eigenvalue weighted by molar-refractivity contribution is 7.93. The third-order valence-electron chi connectivity index (χ3n) is 5.61. The van der Waals surface area contributed by atoms with Crippen LogP contribution in [0, 0.1) is 0 Å². The number of nitrogens with one attached hydrogen (secondary N) is 1. The largest absolute Gasteiger partial charge is 0.490 e. The summed E-state index contributed by atoms with van der Waals surface area (Å²) >= 11 is 0.689. The molecule has 1 fully saturated rings. The number of aromatic nitrogens is 1. The van der Waals surface area contributed by atoms with E-state index < -0.39 is 0 Å². The second kappa shape index (κ2) is 11.8. The molecule has 2 N–H and O–H groups in total. The van der Waals surface area contributed by atoms with Gasteiger partial charge in [-0.3, -0.25) is 4.79 Å². The minimum absolute atomic E-state index is 0.0352. The second-order valence-electron chi connectivity index (χ2n) is 8.03. The maximum atomic E-state index is 12.5. The summed E-state index contributed by atoms with van der Waals surface area (Å²) in [5.74, 6) is 2.17. The third kappa shape index (κ3) is 6.21. The molecule has 0 radical (unpaired) electrons. The number of anilines is 1. The zero-order valence-electron chi connectivity index (χ0n) is 19.1. The number of hydrogen-bond donors (Lipinski definition) is 2. The Labute approximate surface area is 204 Å². The van der Waals surface area contributed by atoms with Crippen molar-refractivity contribution < 1.29 is 18.8 Å². The number of para-hydroxylation sites is 2. The van der Waals surface area contributed by atoms with Crippen LogP contribution in [0.15, 0.2) is 71.8 Å². The van der Waals surface area contributed by atoms with E-state index in [1.54, 1.807) is 12.3 Å². The maximum Gasteiger partial charge on any atom is 0.253 e. The Balaban J connectivity index is 1.34. The summed E-state index contributed by atoms with van der Waals surface area (Å²) in [5.41, 5.74) is 1.43. The normalized spacial score (nSPS) is 15.6. The predicted molar refractivity (Wildman–Crippen MR) is 134 cm³/mol. The highest BCUT2D eigenvalue weighted by atomic mass is 32.2. The number of amides is 1. The molecule has 1 aliphatic heterocycles. The number of rotatable bonds is 9. The van der Waals surface area contributed by atoms with Gasteiger partial charge in [-0.25, -0.2) is 4.98 Å². The number of ether oxygens (including phenoxy) is 2. The molecule has 4 rings (SSSR count). The molecule has 1 aromatic heterocycles. The van der Waals surface area contributed by atoms with Gasteiger partial charge in [0.1, 0.15) is 11.9 Å². The van der Waals surface area contributed by atoms with E-state index >= 15 is 0 Å². The molecule has 34 heavy (non-hydrogen) atoms. The van der Waals surface area contributed by atoms with Crippen molar-refractivity contribution in [2.24, 2.45) is 0 Å². The Kier molecular flexibility index (Phi) is 8.27. The Bertz CT molecular complexity index is 1090. The van der Waals surface area contributed by atoms with Crippen molar-refractivity contribution in [1.29, 1.82) is 0 Å². The zero-order valence-corrected chi connectivity index (χ0v) is 20.0. The Morgan fingerprint density at radius 2 is 2.03 bits per heavy atom. The summed E-state index contributed by atoms with van der Waals surface area (Å²) in [6.45, 7) is 4.55. The molecule has 0 bridgehead atoms. The molecule has 7 nitrogen and oxygen atoms in total. The van der Waals surface area contributed by atoms with Crippen LogP contribution in [0.3, 0.4) is 0 Å². The number of carbonyl (C=O) groups excluding carboxylic acids is 1. The van der Waals surface area contributed by atoms with Gasteiger partial charge in [-0.15, -0.1) is 0 Å². The van der Waals surface area contributed by atoms with Gasteiger partial charge in [0.2, 0.25) is 0 Å². The first-order chi connectivity index (χ1) is 16.7. The molecule has 1 amide bonds. The smallest absolute Gasteiger partial charge is 0.253 e. The molecule has 178 valence electrons. The van der Waals surface area contributed by atoms with E-state index in [2.05, 4.69) is 15.2 Å².